The lowest BCUT2D eigenvalue weighted by Gasteiger charge is -2.18. The van der Waals surface area contributed by atoms with Crippen LogP contribution in [0, 0.1) is 0 Å². The van der Waals surface area contributed by atoms with Crippen LogP contribution in [0.2, 0.25) is 0 Å². The van der Waals surface area contributed by atoms with Gasteiger partial charge in [-0.3, -0.25) is 19.1 Å². The topological polar surface area (TPSA) is 120 Å². The first-order chi connectivity index (χ1) is 19.3. The van der Waals surface area contributed by atoms with E-state index in [1.807, 2.05) is 60.7 Å². The summed E-state index contributed by atoms with van der Waals surface area (Å²) in [5.41, 5.74) is 9.48. The smallest absolute Gasteiger partial charge is 0.276 e. The third-order valence-corrected chi connectivity index (χ3v) is 6.60. The molecule has 0 radical (unpaired) electrons. The van der Waals surface area contributed by atoms with Crippen molar-refractivity contribution in [3.8, 4) is 5.75 Å². The molecular formula is C31H27N5O4. The maximum atomic E-state index is 13.1. The zero-order valence-electron chi connectivity index (χ0n) is 22.0. The van der Waals surface area contributed by atoms with E-state index in [4.69, 9.17) is 10.5 Å². The fraction of sp³-hybridized carbons (Fsp3) is 0.0968. The zero-order valence-corrected chi connectivity index (χ0v) is 22.0. The number of methoxy groups -OCH3 is 1. The minimum Gasteiger partial charge on any atom is -0.497 e. The summed E-state index contributed by atoms with van der Waals surface area (Å²) in [5.74, 6) is -0.322. The van der Waals surface area contributed by atoms with E-state index in [0.29, 0.717) is 28.7 Å². The summed E-state index contributed by atoms with van der Waals surface area (Å²) < 4.78 is 6.95. The molecule has 0 bridgehead atoms. The van der Waals surface area contributed by atoms with E-state index in [9.17, 15) is 14.4 Å². The Morgan fingerprint density at radius 2 is 1.52 bits per heavy atom. The van der Waals surface area contributed by atoms with Gasteiger partial charge in [0, 0.05) is 34.9 Å². The van der Waals surface area contributed by atoms with Gasteiger partial charge in [-0.25, -0.2) is 0 Å². The molecule has 9 heteroatoms. The normalized spacial score (nSPS) is 10.8. The Hall–Kier alpha value is -5.44. The maximum Gasteiger partial charge on any atom is 0.276 e. The number of hydrogen-bond donors (Lipinski definition) is 2. The highest BCUT2D eigenvalue weighted by molar-refractivity contribution is 6.11. The van der Waals surface area contributed by atoms with Crippen LogP contribution in [0.3, 0.4) is 0 Å². The van der Waals surface area contributed by atoms with Gasteiger partial charge in [-0.05, 0) is 72.3 Å². The van der Waals surface area contributed by atoms with E-state index in [2.05, 4.69) is 10.4 Å². The minimum atomic E-state index is -0.538. The van der Waals surface area contributed by atoms with Gasteiger partial charge in [-0.15, -0.1) is 0 Å². The average molecular weight is 534 g/mol. The molecule has 0 aliphatic rings. The molecule has 3 amide bonds. The van der Waals surface area contributed by atoms with Crippen LogP contribution in [0.25, 0.3) is 10.9 Å². The van der Waals surface area contributed by atoms with Crippen LogP contribution < -0.4 is 20.7 Å². The molecule has 0 aliphatic carbocycles. The average Bonchev–Trinajstić information content (AvgIpc) is 3.35. The van der Waals surface area contributed by atoms with E-state index in [0.717, 1.165) is 22.5 Å². The van der Waals surface area contributed by atoms with Crippen molar-refractivity contribution in [3.05, 3.63) is 119 Å². The molecule has 0 spiro atoms. The molecule has 0 aliphatic heterocycles. The van der Waals surface area contributed by atoms with Crippen LogP contribution in [0.1, 0.15) is 36.8 Å². The summed E-state index contributed by atoms with van der Waals surface area (Å²) in [4.78, 5) is 39.1. The first-order valence-corrected chi connectivity index (χ1v) is 12.5. The van der Waals surface area contributed by atoms with E-state index in [-0.39, 0.29) is 17.5 Å². The molecule has 40 heavy (non-hydrogen) atoms. The predicted molar refractivity (Wildman–Crippen MR) is 154 cm³/mol. The summed E-state index contributed by atoms with van der Waals surface area (Å²) in [6.07, 6.45) is 0. The summed E-state index contributed by atoms with van der Waals surface area (Å²) >= 11 is 0. The van der Waals surface area contributed by atoms with E-state index >= 15 is 0 Å². The molecule has 5 rings (SSSR count). The van der Waals surface area contributed by atoms with Crippen LogP contribution in [0.5, 0.6) is 5.75 Å². The number of para-hydroxylation sites is 1. The number of fused-ring (bicyclic) bond motifs is 1. The number of nitrogens with two attached hydrogens (primary N) is 1. The summed E-state index contributed by atoms with van der Waals surface area (Å²) in [6, 6.07) is 28.5. The largest absolute Gasteiger partial charge is 0.497 e. The number of primary amides is 1. The second-order valence-electron chi connectivity index (χ2n) is 9.18. The molecule has 0 atom stereocenters. The van der Waals surface area contributed by atoms with Crippen LogP contribution in [0.4, 0.5) is 11.4 Å². The van der Waals surface area contributed by atoms with Crippen molar-refractivity contribution in [1.82, 2.24) is 9.78 Å². The number of aromatic nitrogens is 2. The highest BCUT2D eigenvalue weighted by Gasteiger charge is 2.18. The van der Waals surface area contributed by atoms with Crippen LogP contribution in [0.15, 0.2) is 97.1 Å². The molecule has 0 saturated heterocycles. The number of ether oxygens (including phenoxy) is 1. The lowest BCUT2D eigenvalue weighted by molar-refractivity contribution is 0.0987. The number of carbonyl (C=O) groups is 3. The number of nitrogens with zero attached hydrogens (tertiary/aromatic N) is 3. The van der Waals surface area contributed by atoms with Crippen molar-refractivity contribution < 1.29 is 19.1 Å². The fourth-order valence-corrected chi connectivity index (χ4v) is 4.37. The van der Waals surface area contributed by atoms with Gasteiger partial charge in [0.05, 0.1) is 19.2 Å². The van der Waals surface area contributed by atoms with Crippen LogP contribution >= 0.6 is 0 Å². The van der Waals surface area contributed by atoms with Gasteiger partial charge >= 0.3 is 0 Å². The van der Waals surface area contributed by atoms with Gasteiger partial charge in [-0.1, -0.05) is 30.3 Å². The molecule has 200 valence electrons. The Balaban J connectivity index is 1.33. The zero-order chi connectivity index (χ0) is 28.2. The number of amides is 3. The van der Waals surface area contributed by atoms with E-state index in [1.165, 1.54) is 0 Å². The standard InChI is InChI=1S/C31H27N5O4/c1-35(24-15-17-25(40-2)18-16-24)31(39)22-9-7-20(8-10-22)19-36-27-6-4-3-5-26(27)28(34-36)30(38)33-23-13-11-21(12-14-23)29(32)37/h3-18H,19H2,1-2H3,(H2,32,37)(H,33,38). The molecule has 0 unspecified atom stereocenters. The SMILES string of the molecule is COc1ccc(N(C)C(=O)c2ccc(Cn3nc(C(=O)Nc4ccc(C(N)=O)cc4)c4ccccc43)cc2)cc1. The van der Waals surface area contributed by atoms with Crippen molar-refractivity contribution in [2.45, 2.75) is 6.54 Å². The van der Waals surface area contributed by atoms with Crippen molar-refractivity contribution in [1.29, 1.82) is 0 Å². The molecular weight excluding hydrogens is 506 g/mol. The molecule has 4 aromatic carbocycles. The monoisotopic (exact) mass is 533 g/mol. The summed E-state index contributed by atoms with van der Waals surface area (Å²) in [6.45, 7) is 0.407. The third-order valence-electron chi connectivity index (χ3n) is 6.60. The van der Waals surface area contributed by atoms with Crippen LogP contribution in [-0.4, -0.2) is 41.7 Å². The Bertz CT molecular complexity index is 1690. The van der Waals surface area contributed by atoms with Gasteiger partial charge in [0.1, 0.15) is 5.75 Å². The summed E-state index contributed by atoms with van der Waals surface area (Å²) in [5, 5.41) is 8.15. The first-order valence-electron chi connectivity index (χ1n) is 12.5. The number of nitrogens with one attached hydrogen (secondary N) is 1. The van der Waals surface area contributed by atoms with Crippen molar-refractivity contribution in [2.75, 3.05) is 24.4 Å². The van der Waals surface area contributed by atoms with E-state index < -0.39 is 5.91 Å². The summed E-state index contributed by atoms with van der Waals surface area (Å²) in [7, 11) is 3.33. The molecule has 1 aromatic heterocycles. The Morgan fingerprint density at radius 3 is 2.17 bits per heavy atom. The first kappa shape index (κ1) is 26.2. The Morgan fingerprint density at radius 1 is 0.875 bits per heavy atom. The number of carbonyl (C=O) groups excluding carboxylic acids is 3. The number of hydrogen-bond acceptors (Lipinski definition) is 5. The second-order valence-corrected chi connectivity index (χ2v) is 9.18. The second kappa shape index (κ2) is 11.1. The molecule has 9 nitrogen and oxygen atoms in total. The highest BCUT2D eigenvalue weighted by atomic mass is 16.5. The molecule has 3 N–H and O–H groups in total. The number of rotatable bonds is 8. The molecule has 0 saturated carbocycles. The lowest BCUT2D eigenvalue weighted by Crippen LogP contribution is -2.26. The van der Waals surface area contributed by atoms with Gasteiger partial charge in [-0.2, -0.15) is 5.10 Å². The van der Waals surface area contributed by atoms with Gasteiger partial charge < -0.3 is 20.7 Å². The lowest BCUT2D eigenvalue weighted by atomic mass is 10.1. The van der Waals surface area contributed by atoms with Gasteiger partial charge in [0.15, 0.2) is 5.69 Å². The van der Waals surface area contributed by atoms with Crippen molar-refractivity contribution in [2.24, 2.45) is 5.73 Å². The van der Waals surface area contributed by atoms with Crippen LogP contribution in [-0.2, 0) is 6.54 Å². The highest BCUT2D eigenvalue weighted by Crippen LogP contribution is 2.23. The number of benzene rings is 4. The van der Waals surface area contributed by atoms with Crippen molar-refractivity contribution in [3.63, 3.8) is 0 Å². The maximum absolute atomic E-state index is 13.1. The van der Waals surface area contributed by atoms with Crippen molar-refractivity contribution >= 4 is 40.0 Å². The number of anilines is 2. The fourth-order valence-electron chi connectivity index (χ4n) is 4.37. The quantitative estimate of drug-likeness (QED) is 0.299. The minimum absolute atomic E-state index is 0.135. The molecule has 5 aromatic rings. The van der Waals surface area contributed by atoms with E-state index in [1.54, 1.807) is 60.1 Å². The Labute approximate surface area is 230 Å². The Kier molecular flexibility index (Phi) is 7.28. The van der Waals surface area contributed by atoms with Gasteiger partial charge in [0.2, 0.25) is 5.91 Å². The molecule has 1 heterocycles. The predicted octanol–water partition coefficient (Wildman–Crippen LogP) is 4.72. The third kappa shape index (κ3) is 5.39. The molecule has 0 fully saturated rings. The van der Waals surface area contributed by atoms with Gasteiger partial charge in [0.25, 0.3) is 11.8 Å².